The van der Waals surface area contributed by atoms with Crippen LogP contribution in [0, 0.1) is 0 Å². The van der Waals surface area contributed by atoms with Crippen molar-refractivity contribution >= 4 is 27.7 Å². The van der Waals surface area contributed by atoms with Crippen molar-refractivity contribution in [3.05, 3.63) is 34.3 Å². The van der Waals surface area contributed by atoms with E-state index in [1.807, 2.05) is 0 Å². The van der Waals surface area contributed by atoms with Gasteiger partial charge in [-0.15, -0.1) is 0 Å². The van der Waals surface area contributed by atoms with E-state index in [2.05, 4.69) is 52.0 Å². The van der Waals surface area contributed by atoms with Gasteiger partial charge in [0.25, 0.3) is 0 Å². The Morgan fingerprint density at radius 2 is 2.00 bits per heavy atom. The first-order chi connectivity index (χ1) is 7.36. The van der Waals surface area contributed by atoms with Crippen LogP contribution < -0.4 is 0 Å². The standard InChI is InChI=1S/C12H15BrOS/c13-12-4-2-1-3-10(12)9-15-11-5-7-14-8-6-11/h1-4,11H,5-9H2. The van der Waals surface area contributed by atoms with Crippen molar-refractivity contribution in [1.29, 1.82) is 0 Å². The van der Waals surface area contributed by atoms with Gasteiger partial charge >= 0.3 is 0 Å². The fraction of sp³-hybridized carbons (Fsp3) is 0.500. The molecule has 1 saturated heterocycles. The molecule has 0 saturated carbocycles. The molecule has 0 N–H and O–H groups in total. The van der Waals surface area contributed by atoms with Gasteiger partial charge < -0.3 is 4.74 Å². The van der Waals surface area contributed by atoms with Crippen LogP contribution >= 0.6 is 27.7 Å². The molecule has 0 spiro atoms. The molecule has 1 fully saturated rings. The van der Waals surface area contributed by atoms with Crippen LogP contribution in [0.5, 0.6) is 0 Å². The Hall–Kier alpha value is 0.01000. The van der Waals surface area contributed by atoms with E-state index in [9.17, 15) is 0 Å². The molecule has 0 unspecified atom stereocenters. The average molecular weight is 287 g/mol. The minimum Gasteiger partial charge on any atom is -0.381 e. The lowest BCUT2D eigenvalue weighted by Crippen LogP contribution is -2.17. The lowest BCUT2D eigenvalue weighted by molar-refractivity contribution is 0.1000. The molecule has 0 radical (unpaired) electrons. The molecule has 1 heterocycles. The average Bonchev–Trinajstić information content (AvgIpc) is 2.29. The van der Waals surface area contributed by atoms with Gasteiger partial charge in [-0.2, -0.15) is 11.8 Å². The Labute approximate surface area is 104 Å². The Kier molecular flexibility index (Phi) is 4.54. The zero-order chi connectivity index (χ0) is 10.5. The van der Waals surface area contributed by atoms with Crippen molar-refractivity contribution in [1.82, 2.24) is 0 Å². The quantitative estimate of drug-likeness (QED) is 0.835. The highest BCUT2D eigenvalue weighted by Gasteiger charge is 2.14. The number of halogens is 1. The molecule has 82 valence electrons. The maximum absolute atomic E-state index is 5.35. The summed E-state index contributed by atoms with van der Waals surface area (Å²) in [4.78, 5) is 0. The molecule has 1 aliphatic heterocycles. The van der Waals surface area contributed by atoms with Gasteiger partial charge in [-0.05, 0) is 24.5 Å². The first-order valence-corrected chi connectivity index (χ1v) is 7.13. The van der Waals surface area contributed by atoms with Crippen molar-refractivity contribution < 1.29 is 4.74 Å². The number of benzene rings is 1. The lowest BCUT2D eigenvalue weighted by atomic mass is 10.2. The molecule has 0 aromatic heterocycles. The molecule has 2 rings (SSSR count). The summed E-state index contributed by atoms with van der Waals surface area (Å²) in [5.74, 6) is 1.10. The zero-order valence-corrected chi connectivity index (χ0v) is 11.0. The third-order valence-corrected chi connectivity index (χ3v) is 4.79. The zero-order valence-electron chi connectivity index (χ0n) is 8.62. The highest BCUT2D eigenvalue weighted by atomic mass is 79.9. The van der Waals surface area contributed by atoms with Gasteiger partial charge in [0, 0.05) is 28.7 Å². The highest BCUT2D eigenvalue weighted by Crippen LogP contribution is 2.28. The second kappa shape index (κ2) is 5.92. The van der Waals surface area contributed by atoms with Gasteiger partial charge in [0.2, 0.25) is 0 Å². The van der Waals surface area contributed by atoms with E-state index < -0.39 is 0 Å². The van der Waals surface area contributed by atoms with Crippen LogP contribution in [0.1, 0.15) is 18.4 Å². The largest absolute Gasteiger partial charge is 0.381 e. The summed E-state index contributed by atoms with van der Waals surface area (Å²) >= 11 is 5.64. The summed E-state index contributed by atoms with van der Waals surface area (Å²) in [6.07, 6.45) is 2.41. The number of ether oxygens (including phenoxy) is 1. The highest BCUT2D eigenvalue weighted by molar-refractivity contribution is 9.10. The van der Waals surface area contributed by atoms with Crippen molar-refractivity contribution in [2.45, 2.75) is 23.8 Å². The van der Waals surface area contributed by atoms with Gasteiger partial charge in [0.15, 0.2) is 0 Å². The van der Waals surface area contributed by atoms with Crippen LogP contribution in [-0.2, 0) is 10.5 Å². The number of hydrogen-bond acceptors (Lipinski definition) is 2. The first kappa shape index (κ1) is 11.5. The summed E-state index contributed by atoms with van der Waals surface area (Å²) in [5.41, 5.74) is 1.40. The molecule has 0 atom stereocenters. The van der Waals surface area contributed by atoms with E-state index in [1.165, 1.54) is 22.9 Å². The SMILES string of the molecule is Brc1ccccc1CSC1CCOCC1. The van der Waals surface area contributed by atoms with E-state index in [0.717, 1.165) is 24.2 Å². The predicted octanol–water partition coefficient (Wildman–Crippen LogP) is 3.86. The first-order valence-electron chi connectivity index (χ1n) is 5.29. The topological polar surface area (TPSA) is 9.23 Å². The van der Waals surface area contributed by atoms with Crippen molar-refractivity contribution in [2.75, 3.05) is 13.2 Å². The number of thioether (sulfide) groups is 1. The number of rotatable bonds is 3. The normalized spacial score (nSPS) is 17.9. The summed E-state index contributed by atoms with van der Waals surface area (Å²) in [5, 5.41) is 0.783. The molecule has 3 heteroatoms. The monoisotopic (exact) mass is 286 g/mol. The molecule has 0 bridgehead atoms. The van der Waals surface area contributed by atoms with Crippen molar-refractivity contribution in [2.24, 2.45) is 0 Å². The van der Waals surface area contributed by atoms with Crippen molar-refractivity contribution in [3.8, 4) is 0 Å². The summed E-state index contributed by atoms with van der Waals surface area (Å²) in [7, 11) is 0. The Balaban J connectivity index is 1.84. The fourth-order valence-electron chi connectivity index (χ4n) is 1.67. The second-order valence-corrected chi connectivity index (χ2v) is 5.86. The minimum atomic E-state index is 0.783. The molecule has 1 nitrogen and oxygen atoms in total. The van der Waals surface area contributed by atoms with Crippen molar-refractivity contribution in [3.63, 3.8) is 0 Å². The van der Waals surface area contributed by atoms with Crippen LogP contribution in [0.25, 0.3) is 0 Å². The maximum Gasteiger partial charge on any atom is 0.0476 e. The molecule has 1 aliphatic rings. The van der Waals surface area contributed by atoms with Gasteiger partial charge in [-0.3, -0.25) is 0 Å². The third-order valence-electron chi connectivity index (χ3n) is 2.60. The van der Waals surface area contributed by atoms with E-state index in [4.69, 9.17) is 4.74 Å². The Morgan fingerprint density at radius 1 is 1.27 bits per heavy atom. The van der Waals surface area contributed by atoms with Gasteiger partial charge in [-0.25, -0.2) is 0 Å². The molecular weight excluding hydrogens is 272 g/mol. The van der Waals surface area contributed by atoms with E-state index in [-0.39, 0.29) is 0 Å². The summed E-state index contributed by atoms with van der Waals surface area (Å²) in [6.45, 7) is 1.88. The van der Waals surface area contributed by atoms with E-state index in [0.29, 0.717) is 0 Å². The summed E-state index contributed by atoms with van der Waals surface area (Å²) < 4.78 is 6.58. The van der Waals surface area contributed by atoms with Crippen LogP contribution in [-0.4, -0.2) is 18.5 Å². The second-order valence-electron chi connectivity index (χ2n) is 3.71. The Bertz CT molecular complexity index is 310. The minimum absolute atomic E-state index is 0.783. The van der Waals surface area contributed by atoms with Crippen LogP contribution in [0.4, 0.5) is 0 Å². The van der Waals surface area contributed by atoms with Gasteiger partial charge in [0.1, 0.15) is 0 Å². The predicted molar refractivity (Wildman–Crippen MR) is 69.3 cm³/mol. The van der Waals surface area contributed by atoms with E-state index in [1.54, 1.807) is 0 Å². The summed E-state index contributed by atoms with van der Waals surface area (Å²) in [6, 6.07) is 8.47. The fourth-order valence-corrected chi connectivity index (χ4v) is 3.47. The van der Waals surface area contributed by atoms with Crippen LogP contribution in [0.2, 0.25) is 0 Å². The molecular formula is C12H15BrOS. The lowest BCUT2D eigenvalue weighted by Gasteiger charge is -2.21. The molecule has 1 aromatic carbocycles. The number of hydrogen-bond donors (Lipinski definition) is 0. The third kappa shape index (κ3) is 3.51. The molecule has 15 heavy (non-hydrogen) atoms. The maximum atomic E-state index is 5.35. The molecule has 1 aromatic rings. The van der Waals surface area contributed by atoms with Crippen LogP contribution in [0.15, 0.2) is 28.7 Å². The van der Waals surface area contributed by atoms with E-state index >= 15 is 0 Å². The van der Waals surface area contributed by atoms with Gasteiger partial charge in [-0.1, -0.05) is 34.1 Å². The Morgan fingerprint density at radius 3 is 2.73 bits per heavy atom. The van der Waals surface area contributed by atoms with Crippen LogP contribution in [0.3, 0.4) is 0 Å². The smallest absolute Gasteiger partial charge is 0.0476 e. The molecule has 0 aliphatic carbocycles. The van der Waals surface area contributed by atoms with Gasteiger partial charge in [0.05, 0.1) is 0 Å². The molecule has 0 amide bonds.